The Balaban J connectivity index is 1.93. The van der Waals surface area contributed by atoms with Gasteiger partial charge in [-0.25, -0.2) is 19.5 Å². The van der Waals surface area contributed by atoms with Gasteiger partial charge in [-0.05, 0) is 0 Å². The van der Waals surface area contributed by atoms with Gasteiger partial charge in [0.1, 0.15) is 24.2 Å². The normalized spacial score (nSPS) is 23.6. The van der Waals surface area contributed by atoms with E-state index in [4.69, 9.17) is 24.3 Å². The van der Waals surface area contributed by atoms with Crippen LogP contribution in [0, 0.1) is 0 Å². The molecule has 3 heterocycles. The van der Waals surface area contributed by atoms with Crippen LogP contribution in [0.5, 0.6) is 0 Å². The van der Waals surface area contributed by atoms with Crippen LogP contribution in [-0.4, -0.2) is 64.0 Å². The van der Waals surface area contributed by atoms with Crippen LogP contribution in [0.25, 0.3) is 11.2 Å². The van der Waals surface area contributed by atoms with Crippen LogP contribution in [0.4, 0.5) is 14.6 Å². The van der Waals surface area contributed by atoms with Gasteiger partial charge in [-0.15, -0.1) is 0 Å². The molecule has 0 aromatic carbocycles. The number of aromatic nitrogens is 4. The van der Waals surface area contributed by atoms with Crippen LogP contribution in [0.15, 0.2) is 12.7 Å². The summed E-state index contributed by atoms with van der Waals surface area (Å²) in [5.74, 6) is 0.374. The number of phosphoric acid groups is 1. The van der Waals surface area contributed by atoms with Crippen LogP contribution in [0.1, 0.15) is 19.1 Å². The van der Waals surface area contributed by atoms with Crippen molar-refractivity contribution in [1.82, 2.24) is 19.5 Å². The summed E-state index contributed by atoms with van der Waals surface area (Å²) in [6, 6.07) is 0. The van der Waals surface area contributed by atoms with Gasteiger partial charge in [0, 0.05) is 13.5 Å². The summed E-state index contributed by atoms with van der Waals surface area (Å²) >= 11 is 0. The van der Waals surface area contributed by atoms with Crippen LogP contribution >= 0.6 is 15.4 Å². The van der Waals surface area contributed by atoms with Gasteiger partial charge in [0.05, 0.1) is 18.9 Å². The fraction of sp³-hybridized carbons (Fsp3) is 0.583. The zero-order valence-corrected chi connectivity index (χ0v) is 16.5. The van der Waals surface area contributed by atoms with E-state index in [9.17, 15) is 17.9 Å². The number of hydrogen-bond acceptors (Lipinski definition) is 8. The molecule has 29 heavy (non-hydrogen) atoms. The Kier molecular flexibility index (Phi) is 5.80. The van der Waals surface area contributed by atoms with Crippen molar-refractivity contribution in [2.24, 2.45) is 0 Å². The van der Waals surface area contributed by atoms with E-state index < -0.39 is 45.9 Å². The van der Waals surface area contributed by atoms with Crippen LogP contribution in [0.2, 0.25) is 0 Å². The Morgan fingerprint density at radius 3 is 2.59 bits per heavy atom. The number of imidazole rings is 1. The van der Waals surface area contributed by atoms with Crippen molar-refractivity contribution in [2.75, 3.05) is 12.4 Å². The smallest absolute Gasteiger partial charge is 0.371 e. The van der Waals surface area contributed by atoms with Crippen molar-refractivity contribution in [1.29, 1.82) is 0 Å². The van der Waals surface area contributed by atoms with E-state index >= 15 is 0 Å². The molecule has 2 aromatic heterocycles. The molecule has 162 valence electrons. The molecule has 0 amide bonds. The Morgan fingerprint density at radius 2 is 2.00 bits per heavy atom. The van der Waals surface area contributed by atoms with E-state index in [1.54, 1.807) is 7.05 Å². The summed E-state index contributed by atoms with van der Waals surface area (Å²) in [5.41, 5.74) is -3.91. The van der Waals surface area contributed by atoms with Gasteiger partial charge in [0.25, 0.3) is 0 Å². The van der Waals surface area contributed by atoms with E-state index in [1.807, 2.05) is 0 Å². The number of halogens is 2. The van der Waals surface area contributed by atoms with E-state index in [0.717, 1.165) is 0 Å². The molecular formula is C12H17F2N5O8P2. The predicted octanol–water partition coefficient (Wildman–Crippen LogP) is 0.794. The molecular weight excluding hydrogens is 442 g/mol. The summed E-state index contributed by atoms with van der Waals surface area (Å²) < 4.78 is 61.3. The molecule has 2 aromatic rings. The molecule has 0 unspecified atom stereocenters. The predicted molar refractivity (Wildman–Crippen MR) is 91.9 cm³/mol. The number of phosphoric ester groups is 1. The first kappa shape index (κ1) is 22.1. The highest BCUT2D eigenvalue weighted by atomic mass is 31.2. The van der Waals surface area contributed by atoms with Gasteiger partial charge >= 0.3 is 21.1 Å². The second-order valence-electron chi connectivity index (χ2n) is 6.21. The van der Waals surface area contributed by atoms with E-state index in [-0.39, 0.29) is 12.1 Å². The summed E-state index contributed by atoms with van der Waals surface area (Å²) in [6.45, 7) is 0. The summed E-state index contributed by atoms with van der Waals surface area (Å²) in [7, 11) is -9.35. The van der Waals surface area contributed by atoms with Crippen molar-refractivity contribution in [2.45, 2.75) is 36.9 Å². The molecule has 5 N–H and O–H groups in total. The summed E-state index contributed by atoms with van der Waals surface area (Å²) in [6.07, 6.45) is -3.72. The van der Waals surface area contributed by atoms with Crippen molar-refractivity contribution < 1.29 is 46.7 Å². The van der Waals surface area contributed by atoms with Gasteiger partial charge in [-0.1, -0.05) is 0 Å². The van der Waals surface area contributed by atoms with Crippen LogP contribution in [0.3, 0.4) is 0 Å². The Morgan fingerprint density at radius 1 is 1.31 bits per heavy atom. The number of ether oxygens (including phenoxy) is 1. The number of alkyl halides is 2. The van der Waals surface area contributed by atoms with Crippen molar-refractivity contribution in [3.63, 3.8) is 0 Å². The number of nitrogens with zero attached hydrogens (tertiary/aromatic N) is 4. The number of rotatable bonds is 7. The minimum absolute atomic E-state index is 0.242. The third-order valence-electron chi connectivity index (χ3n) is 4.23. The van der Waals surface area contributed by atoms with Gasteiger partial charge in [0.2, 0.25) is 0 Å². The number of fused-ring (bicyclic) bond motifs is 1. The molecule has 0 spiro atoms. The topological polar surface area (TPSA) is 189 Å². The van der Waals surface area contributed by atoms with Crippen LogP contribution < -0.4 is 5.32 Å². The lowest BCUT2D eigenvalue weighted by molar-refractivity contribution is -0.0644. The molecule has 0 saturated carbocycles. The van der Waals surface area contributed by atoms with E-state index in [2.05, 4.69) is 24.8 Å². The number of hydrogen-bond donors (Lipinski definition) is 5. The minimum Gasteiger partial charge on any atom is -0.371 e. The van der Waals surface area contributed by atoms with Gasteiger partial charge in [-0.2, -0.15) is 8.78 Å². The van der Waals surface area contributed by atoms with Crippen LogP contribution in [-0.2, 0) is 18.4 Å². The van der Waals surface area contributed by atoms with Gasteiger partial charge < -0.3 is 29.6 Å². The largest absolute Gasteiger partial charge is 0.469 e. The summed E-state index contributed by atoms with van der Waals surface area (Å²) in [4.78, 5) is 47.9. The Labute approximate surface area is 161 Å². The van der Waals surface area contributed by atoms with Gasteiger partial charge in [-0.3, -0.25) is 13.7 Å². The SMILES string of the molecule is CNc1ncnc2c1ncn2[C@H]1C[C@H](OP(=O)(O)O)[C@@H](CC(F)(F)P(=O)(O)O)O1. The highest BCUT2D eigenvalue weighted by Crippen LogP contribution is 2.57. The highest BCUT2D eigenvalue weighted by Gasteiger charge is 2.54. The standard InChI is InChI=1S/C12H17F2N5O8P2/c1-15-10-9-11(17-4-16-10)19(5-18-9)8-2-6(27-29(23,24)25)7(26-8)3-12(13,14)28(20,21)22/h4-8H,2-3H2,1H3,(H,15,16,17)(H2,20,21,22)(H2,23,24,25)/t6-,7+,8+/m0/s1. The average Bonchev–Trinajstić information content (AvgIpc) is 3.16. The van der Waals surface area contributed by atoms with Gasteiger partial charge in [0.15, 0.2) is 11.5 Å². The molecule has 1 aliphatic heterocycles. The quantitative estimate of drug-likeness (QED) is 0.367. The molecule has 3 rings (SSSR count). The first-order chi connectivity index (χ1) is 13.3. The molecule has 0 bridgehead atoms. The lowest BCUT2D eigenvalue weighted by atomic mass is 10.1. The molecule has 1 saturated heterocycles. The second kappa shape index (κ2) is 7.60. The Bertz CT molecular complexity index is 994. The first-order valence-electron chi connectivity index (χ1n) is 8.00. The summed E-state index contributed by atoms with van der Waals surface area (Å²) in [5, 5.41) is 2.79. The molecule has 1 aliphatic rings. The molecule has 1 fully saturated rings. The maximum atomic E-state index is 13.9. The average molecular weight is 459 g/mol. The molecule has 17 heteroatoms. The highest BCUT2D eigenvalue weighted by molar-refractivity contribution is 7.53. The third kappa shape index (κ3) is 4.62. The number of anilines is 1. The molecule has 0 radical (unpaired) electrons. The van der Waals surface area contributed by atoms with Crippen molar-refractivity contribution in [3.05, 3.63) is 12.7 Å². The molecule has 13 nitrogen and oxygen atoms in total. The number of nitrogens with one attached hydrogen (secondary N) is 1. The Hall–Kier alpha value is -1.57. The minimum atomic E-state index is -5.84. The van der Waals surface area contributed by atoms with E-state index in [1.165, 1.54) is 17.2 Å². The lowest BCUT2D eigenvalue weighted by Crippen LogP contribution is -2.31. The second-order valence-corrected chi connectivity index (χ2v) is 9.14. The lowest BCUT2D eigenvalue weighted by Gasteiger charge is -2.24. The fourth-order valence-corrected chi connectivity index (χ4v) is 3.94. The zero-order valence-electron chi connectivity index (χ0n) is 14.7. The fourth-order valence-electron chi connectivity index (χ4n) is 2.95. The zero-order chi connectivity index (χ0) is 21.6. The molecule has 3 atom stereocenters. The maximum absolute atomic E-state index is 13.9. The van der Waals surface area contributed by atoms with E-state index in [0.29, 0.717) is 11.3 Å². The maximum Gasteiger partial charge on any atom is 0.469 e. The monoisotopic (exact) mass is 459 g/mol. The van der Waals surface area contributed by atoms with Crippen molar-refractivity contribution >= 4 is 32.4 Å². The third-order valence-corrected chi connectivity index (χ3v) is 5.81. The first-order valence-corrected chi connectivity index (χ1v) is 11.1. The van der Waals surface area contributed by atoms with Crippen molar-refractivity contribution in [3.8, 4) is 0 Å². The molecule has 0 aliphatic carbocycles.